The number of para-hydroxylation sites is 1. The first-order valence-electron chi connectivity index (χ1n) is 9.56. The van der Waals surface area contributed by atoms with Crippen molar-refractivity contribution in [1.82, 2.24) is 13.9 Å². The number of hydrogen-bond acceptors (Lipinski definition) is 4. The normalized spacial score (nSPS) is 12.1. The third-order valence-electron chi connectivity index (χ3n) is 5.64. The van der Waals surface area contributed by atoms with E-state index >= 15 is 0 Å². The number of methoxy groups -OCH3 is 1. The fourth-order valence-electron chi connectivity index (χ4n) is 4.29. The highest BCUT2D eigenvalue weighted by Crippen LogP contribution is 2.38. The van der Waals surface area contributed by atoms with Crippen LogP contribution in [-0.2, 0) is 6.54 Å². The molecule has 3 aromatic carbocycles. The first-order valence-corrected chi connectivity index (χ1v) is 9.56. The van der Waals surface area contributed by atoms with Gasteiger partial charge < -0.3 is 9.64 Å². The Morgan fingerprint density at radius 2 is 1.69 bits per heavy atom. The fraction of sp³-hybridized carbons (Fsp3) is 0.217. The second kappa shape index (κ2) is 6.32. The molecule has 0 spiro atoms. The Morgan fingerprint density at radius 1 is 0.931 bits per heavy atom. The highest BCUT2D eigenvalue weighted by Gasteiger charge is 2.20. The number of benzene rings is 3. The lowest BCUT2D eigenvalue weighted by Gasteiger charge is -2.12. The zero-order valence-corrected chi connectivity index (χ0v) is 16.6. The number of likely N-dealkylation sites (N-methyl/N-ethyl adjacent to an activating group) is 1. The summed E-state index contributed by atoms with van der Waals surface area (Å²) in [5, 5.41) is 4.37. The smallest absolute Gasteiger partial charge is 0.336 e. The summed E-state index contributed by atoms with van der Waals surface area (Å²) in [7, 11) is 5.50. The number of nitrogens with zero attached hydrogens (tertiary/aromatic N) is 3. The molecule has 0 saturated heterocycles. The summed E-state index contributed by atoms with van der Waals surface area (Å²) in [6.45, 7) is 0.954. The molecule has 29 heavy (non-hydrogen) atoms. The standard InChI is InChI=1S/C23H21N3O3/c1-24(2)12-13-25-22(27)16-8-5-7-15-20-17(26(21(15)16)23(25)28)11-10-14-6-4-9-18(29-3)19(14)20/h4-11H,12-13H2,1-3H3. The van der Waals surface area contributed by atoms with E-state index in [0.29, 0.717) is 24.0 Å². The molecular weight excluding hydrogens is 366 g/mol. The molecule has 0 bridgehead atoms. The summed E-state index contributed by atoms with van der Waals surface area (Å²) in [6.07, 6.45) is 0. The Hall–Kier alpha value is -3.38. The quantitative estimate of drug-likeness (QED) is 0.476. The van der Waals surface area contributed by atoms with Crippen molar-refractivity contribution in [3.63, 3.8) is 0 Å². The molecule has 0 radical (unpaired) electrons. The average Bonchev–Trinajstić information content (AvgIpc) is 3.06. The largest absolute Gasteiger partial charge is 0.496 e. The lowest BCUT2D eigenvalue weighted by atomic mass is 10.0. The molecule has 0 amide bonds. The van der Waals surface area contributed by atoms with E-state index < -0.39 is 0 Å². The topological polar surface area (TPSA) is 56.0 Å². The molecule has 0 unspecified atom stereocenters. The van der Waals surface area contributed by atoms with Crippen molar-refractivity contribution in [2.45, 2.75) is 6.54 Å². The van der Waals surface area contributed by atoms with Crippen LogP contribution in [0.5, 0.6) is 5.75 Å². The number of rotatable bonds is 4. The van der Waals surface area contributed by atoms with Crippen LogP contribution >= 0.6 is 0 Å². The van der Waals surface area contributed by atoms with Crippen LogP contribution in [0.1, 0.15) is 0 Å². The number of ether oxygens (including phenoxy) is 1. The zero-order valence-electron chi connectivity index (χ0n) is 16.6. The second-order valence-electron chi connectivity index (χ2n) is 7.60. The van der Waals surface area contributed by atoms with E-state index in [1.807, 2.05) is 61.5 Å². The molecule has 146 valence electrons. The second-order valence-corrected chi connectivity index (χ2v) is 7.60. The van der Waals surface area contributed by atoms with Crippen LogP contribution in [0.15, 0.2) is 58.1 Å². The van der Waals surface area contributed by atoms with Gasteiger partial charge in [0.05, 0.1) is 23.5 Å². The fourth-order valence-corrected chi connectivity index (χ4v) is 4.29. The summed E-state index contributed by atoms with van der Waals surface area (Å²) in [5.41, 5.74) is 0.924. The van der Waals surface area contributed by atoms with Gasteiger partial charge in [-0.05, 0) is 37.7 Å². The Bertz CT molecular complexity index is 1510. The highest BCUT2D eigenvalue weighted by atomic mass is 16.5. The first kappa shape index (κ1) is 17.7. The molecule has 2 aromatic heterocycles. The van der Waals surface area contributed by atoms with E-state index in [1.54, 1.807) is 17.6 Å². The van der Waals surface area contributed by atoms with Gasteiger partial charge in [-0.25, -0.2) is 4.79 Å². The predicted octanol–water partition coefficient (Wildman–Crippen LogP) is 2.93. The number of aromatic nitrogens is 2. The molecule has 0 saturated carbocycles. The van der Waals surface area contributed by atoms with Gasteiger partial charge >= 0.3 is 5.69 Å². The molecule has 0 aliphatic carbocycles. The Morgan fingerprint density at radius 3 is 2.45 bits per heavy atom. The van der Waals surface area contributed by atoms with Gasteiger partial charge in [-0.2, -0.15) is 0 Å². The van der Waals surface area contributed by atoms with E-state index in [-0.39, 0.29) is 11.2 Å². The minimum absolute atomic E-state index is 0.242. The van der Waals surface area contributed by atoms with Crippen molar-refractivity contribution in [1.29, 1.82) is 0 Å². The zero-order chi connectivity index (χ0) is 20.3. The van der Waals surface area contributed by atoms with Crippen LogP contribution in [0.3, 0.4) is 0 Å². The third kappa shape index (κ3) is 2.39. The molecule has 2 heterocycles. The van der Waals surface area contributed by atoms with Gasteiger partial charge in [0.1, 0.15) is 5.75 Å². The molecule has 0 fully saturated rings. The van der Waals surface area contributed by atoms with Crippen molar-refractivity contribution in [2.24, 2.45) is 0 Å². The van der Waals surface area contributed by atoms with Crippen LogP contribution in [0.25, 0.3) is 38.0 Å². The van der Waals surface area contributed by atoms with Crippen molar-refractivity contribution < 1.29 is 4.74 Å². The molecule has 6 heteroatoms. The highest BCUT2D eigenvalue weighted by molar-refractivity contribution is 6.24. The minimum atomic E-state index is -0.301. The molecule has 5 rings (SSSR count). The van der Waals surface area contributed by atoms with Crippen molar-refractivity contribution in [2.75, 3.05) is 27.7 Å². The number of fused-ring (bicyclic) bond motifs is 5. The van der Waals surface area contributed by atoms with E-state index in [9.17, 15) is 9.59 Å². The number of hydrogen-bond donors (Lipinski definition) is 0. The third-order valence-corrected chi connectivity index (χ3v) is 5.64. The van der Waals surface area contributed by atoms with Gasteiger partial charge in [0.25, 0.3) is 5.56 Å². The monoisotopic (exact) mass is 387 g/mol. The van der Waals surface area contributed by atoms with Gasteiger partial charge in [0.2, 0.25) is 0 Å². The van der Waals surface area contributed by atoms with Crippen LogP contribution < -0.4 is 16.0 Å². The summed E-state index contributed by atoms with van der Waals surface area (Å²) >= 11 is 0. The molecule has 0 aliphatic rings. The van der Waals surface area contributed by atoms with Gasteiger partial charge in [0, 0.05) is 29.2 Å². The van der Waals surface area contributed by atoms with E-state index in [4.69, 9.17) is 4.74 Å². The lowest BCUT2D eigenvalue weighted by Crippen LogP contribution is -2.39. The van der Waals surface area contributed by atoms with Gasteiger partial charge in [-0.3, -0.25) is 13.8 Å². The van der Waals surface area contributed by atoms with Gasteiger partial charge in [0.15, 0.2) is 0 Å². The van der Waals surface area contributed by atoms with Gasteiger partial charge in [-0.15, -0.1) is 0 Å². The van der Waals surface area contributed by atoms with Crippen LogP contribution in [-0.4, -0.2) is 41.6 Å². The maximum atomic E-state index is 13.4. The van der Waals surface area contributed by atoms with Crippen molar-refractivity contribution in [3.05, 3.63) is 69.4 Å². The molecular formula is C23H21N3O3. The molecule has 0 aliphatic heterocycles. The van der Waals surface area contributed by atoms with Crippen molar-refractivity contribution >= 4 is 38.0 Å². The summed E-state index contributed by atoms with van der Waals surface area (Å²) in [5.74, 6) is 0.750. The summed E-state index contributed by atoms with van der Waals surface area (Å²) in [4.78, 5) is 28.5. The van der Waals surface area contributed by atoms with Crippen molar-refractivity contribution in [3.8, 4) is 5.75 Å². The Balaban J connectivity index is 2.04. The molecule has 6 nitrogen and oxygen atoms in total. The molecule has 0 atom stereocenters. The van der Waals surface area contributed by atoms with E-state index in [2.05, 4.69) is 0 Å². The van der Waals surface area contributed by atoms with Crippen LogP contribution in [0.4, 0.5) is 0 Å². The average molecular weight is 387 g/mol. The Kier molecular flexibility index (Phi) is 3.86. The Labute approximate surface area is 166 Å². The van der Waals surface area contributed by atoms with Crippen LogP contribution in [0.2, 0.25) is 0 Å². The lowest BCUT2D eigenvalue weighted by molar-refractivity contribution is 0.376. The molecule has 0 N–H and O–H groups in total. The van der Waals surface area contributed by atoms with E-state index in [0.717, 1.165) is 32.8 Å². The summed E-state index contributed by atoms with van der Waals surface area (Å²) < 4.78 is 8.65. The van der Waals surface area contributed by atoms with E-state index in [1.165, 1.54) is 4.57 Å². The molecule has 5 aromatic rings. The maximum Gasteiger partial charge on any atom is 0.336 e. The van der Waals surface area contributed by atoms with Gasteiger partial charge in [-0.1, -0.05) is 30.3 Å². The minimum Gasteiger partial charge on any atom is -0.496 e. The SMILES string of the molecule is COc1cccc2ccc3c(c4cccc5c(=O)n(CCN(C)C)c(=O)n3c54)c12. The maximum absolute atomic E-state index is 13.4. The summed E-state index contributed by atoms with van der Waals surface area (Å²) in [6, 6.07) is 15.5. The predicted molar refractivity (Wildman–Crippen MR) is 117 cm³/mol. The van der Waals surface area contributed by atoms with Crippen LogP contribution in [0, 0.1) is 0 Å². The first-order chi connectivity index (χ1) is 14.0.